The van der Waals surface area contributed by atoms with Crippen LogP contribution in [-0.4, -0.2) is 107 Å². The molecule has 14 nitrogen and oxygen atoms in total. The van der Waals surface area contributed by atoms with Gasteiger partial charge in [-0.25, -0.2) is 8.42 Å². The van der Waals surface area contributed by atoms with Crippen molar-refractivity contribution in [3.63, 3.8) is 0 Å². The lowest BCUT2D eigenvalue weighted by molar-refractivity contribution is -0.155. The number of nitrogens with zero attached hydrogens (tertiary/aromatic N) is 2. The molecule has 1 saturated heterocycles. The molecule has 2 aromatic rings. The van der Waals surface area contributed by atoms with Gasteiger partial charge in [-0.3, -0.25) is 33.9 Å². The minimum absolute atomic E-state index is 0.0701. The summed E-state index contributed by atoms with van der Waals surface area (Å²) in [5.74, 6) is -2.52. The molecule has 4 rings (SSSR count). The molecule has 2 fully saturated rings. The first-order valence-electron chi connectivity index (χ1n) is 20.0. The number of carboxylic acids is 1. The molecule has 314 valence electrons. The van der Waals surface area contributed by atoms with E-state index in [1.54, 1.807) is 6.07 Å². The molecular formula is C42H61N5O9S. The Bertz CT molecular complexity index is 1800. The van der Waals surface area contributed by atoms with E-state index < -0.39 is 68.1 Å². The Kier molecular flexibility index (Phi) is 15.8. The van der Waals surface area contributed by atoms with Gasteiger partial charge in [0.1, 0.15) is 12.1 Å². The summed E-state index contributed by atoms with van der Waals surface area (Å²) in [6.07, 6.45) is 8.11. The number of nitrogens with one attached hydrogen (secondary N) is 3. The van der Waals surface area contributed by atoms with Gasteiger partial charge in [0.15, 0.2) is 9.84 Å². The molecule has 1 saturated carbocycles. The van der Waals surface area contributed by atoms with Gasteiger partial charge in [0.25, 0.3) is 5.91 Å². The zero-order valence-corrected chi connectivity index (χ0v) is 35.0. The Morgan fingerprint density at radius 3 is 2.21 bits per heavy atom. The van der Waals surface area contributed by atoms with Crippen LogP contribution in [0.4, 0.5) is 0 Å². The maximum absolute atomic E-state index is 14.6. The fourth-order valence-corrected chi connectivity index (χ4v) is 8.36. The highest BCUT2D eigenvalue weighted by Gasteiger charge is 2.47. The van der Waals surface area contributed by atoms with Gasteiger partial charge in [-0.2, -0.15) is 0 Å². The molecule has 3 amide bonds. The molecule has 6 atom stereocenters. The predicted octanol–water partition coefficient (Wildman–Crippen LogP) is 4.08. The minimum atomic E-state index is -3.96. The average molecular weight is 812 g/mol. The summed E-state index contributed by atoms with van der Waals surface area (Å²) < 4.78 is 30.9. The largest absolute Gasteiger partial charge is 0.481 e. The van der Waals surface area contributed by atoms with E-state index in [2.05, 4.69) is 25.8 Å². The molecule has 4 N–H and O–H groups in total. The van der Waals surface area contributed by atoms with Crippen LogP contribution in [0.1, 0.15) is 108 Å². The summed E-state index contributed by atoms with van der Waals surface area (Å²) in [6, 6.07) is 9.20. The number of aliphatic carboxylic acids is 1. The number of carbonyl (C=O) groups is 5. The van der Waals surface area contributed by atoms with Crippen LogP contribution in [0.3, 0.4) is 0 Å². The van der Waals surface area contributed by atoms with Crippen molar-refractivity contribution in [2.24, 2.45) is 11.8 Å². The number of pyridine rings is 1. The third-order valence-corrected chi connectivity index (χ3v) is 13.4. The van der Waals surface area contributed by atoms with E-state index in [1.165, 1.54) is 32.3 Å². The van der Waals surface area contributed by atoms with Gasteiger partial charge in [-0.1, -0.05) is 49.6 Å². The SMILES string of the molecule is CC(C)(C)NC(=O)C1CC2CCCCC2CN1CC(OC(=O)CCCCC(=O)O)C(Cc1ccccc1)NC(=O)C(NC(=O)c1cccnc1)C(C)(C)S(C)(=O)=O. The van der Waals surface area contributed by atoms with Crippen molar-refractivity contribution in [2.45, 2.75) is 133 Å². The van der Waals surface area contributed by atoms with Gasteiger partial charge in [0.2, 0.25) is 11.8 Å². The number of esters is 1. The number of likely N-dealkylation sites (tertiary alicyclic amines) is 1. The van der Waals surface area contributed by atoms with E-state index in [-0.39, 0.29) is 50.1 Å². The first-order valence-corrected chi connectivity index (χ1v) is 21.9. The Morgan fingerprint density at radius 2 is 1.60 bits per heavy atom. The molecule has 0 radical (unpaired) electrons. The standard InChI is InChI=1S/C42H61N5O9S/c1-41(2,3)46-39(52)33-24-29-17-10-11-18-31(29)26-47(33)27-34(56-36(50)21-13-12-20-35(48)49)32(23-28-15-8-7-9-16-28)44-40(53)37(42(4,5)57(6,54)55)45-38(51)30-19-14-22-43-25-30/h7-9,14-16,19,22,25,29,31-34,37H,10-13,17-18,20-21,23-24,26-27H2,1-6H3,(H,44,53)(H,45,51)(H,46,52)(H,48,49). The van der Waals surface area contributed by atoms with Crippen molar-refractivity contribution in [3.05, 3.63) is 66.0 Å². The molecule has 2 aliphatic rings. The number of hydrogen-bond donors (Lipinski definition) is 4. The zero-order chi connectivity index (χ0) is 42.0. The van der Waals surface area contributed by atoms with Crippen molar-refractivity contribution in [3.8, 4) is 0 Å². The average Bonchev–Trinajstić information content (AvgIpc) is 3.14. The minimum Gasteiger partial charge on any atom is -0.481 e. The van der Waals surface area contributed by atoms with Crippen molar-refractivity contribution < 1.29 is 42.2 Å². The summed E-state index contributed by atoms with van der Waals surface area (Å²) in [7, 11) is -3.96. The van der Waals surface area contributed by atoms with Crippen LogP contribution in [0.25, 0.3) is 0 Å². The second kappa shape index (κ2) is 19.9. The third kappa shape index (κ3) is 13.3. The van der Waals surface area contributed by atoms with Crippen molar-refractivity contribution >= 4 is 39.5 Å². The fourth-order valence-electron chi connectivity index (χ4n) is 7.77. The molecular weight excluding hydrogens is 751 g/mol. The van der Waals surface area contributed by atoms with E-state index >= 15 is 0 Å². The Labute approximate surface area is 337 Å². The number of carbonyl (C=O) groups excluding carboxylic acids is 4. The van der Waals surface area contributed by atoms with Crippen LogP contribution in [0.15, 0.2) is 54.9 Å². The number of amides is 3. The molecule has 15 heteroatoms. The fraction of sp³-hybridized carbons (Fsp3) is 0.619. The van der Waals surface area contributed by atoms with Crippen LogP contribution in [-0.2, 0) is 40.2 Å². The number of fused-ring (bicyclic) bond motifs is 1. The third-order valence-electron chi connectivity index (χ3n) is 11.2. The molecule has 1 aromatic carbocycles. The van der Waals surface area contributed by atoms with Crippen LogP contribution >= 0.6 is 0 Å². The molecule has 1 aromatic heterocycles. The van der Waals surface area contributed by atoms with Crippen molar-refractivity contribution in [2.75, 3.05) is 19.3 Å². The molecule has 0 spiro atoms. The molecule has 0 bridgehead atoms. The number of carboxylic acid groups (broad SMARTS) is 1. The monoisotopic (exact) mass is 811 g/mol. The Morgan fingerprint density at radius 1 is 0.930 bits per heavy atom. The van der Waals surface area contributed by atoms with Crippen LogP contribution < -0.4 is 16.0 Å². The first kappa shape index (κ1) is 45.3. The molecule has 1 aliphatic carbocycles. The highest BCUT2D eigenvalue weighted by Crippen LogP contribution is 2.39. The van der Waals surface area contributed by atoms with Crippen LogP contribution in [0.2, 0.25) is 0 Å². The van der Waals surface area contributed by atoms with E-state index in [9.17, 15) is 32.4 Å². The number of benzene rings is 1. The van der Waals surface area contributed by atoms with Gasteiger partial charge in [0.05, 0.1) is 22.4 Å². The predicted molar refractivity (Wildman–Crippen MR) is 216 cm³/mol. The van der Waals surface area contributed by atoms with Gasteiger partial charge in [-0.05, 0) is 96.3 Å². The lowest BCUT2D eigenvalue weighted by Gasteiger charge is -2.47. The van der Waals surface area contributed by atoms with Crippen molar-refractivity contribution in [1.82, 2.24) is 25.8 Å². The second-order valence-electron chi connectivity index (χ2n) is 17.2. The highest BCUT2D eigenvalue weighted by molar-refractivity contribution is 7.92. The van der Waals surface area contributed by atoms with E-state index in [1.807, 2.05) is 51.1 Å². The lowest BCUT2D eigenvalue weighted by Crippen LogP contribution is -2.64. The van der Waals surface area contributed by atoms with Crippen LogP contribution in [0, 0.1) is 11.8 Å². The van der Waals surface area contributed by atoms with E-state index in [4.69, 9.17) is 9.84 Å². The Balaban J connectivity index is 1.76. The van der Waals surface area contributed by atoms with Gasteiger partial charge >= 0.3 is 11.9 Å². The summed E-state index contributed by atoms with van der Waals surface area (Å²) in [5.41, 5.74) is 0.414. The number of piperidine rings is 1. The summed E-state index contributed by atoms with van der Waals surface area (Å²) in [5, 5.41) is 17.9. The summed E-state index contributed by atoms with van der Waals surface area (Å²) in [4.78, 5) is 72.9. The molecule has 1 aliphatic heterocycles. The number of aromatic nitrogens is 1. The van der Waals surface area contributed by atoms with Gasteiger partial charge < -0.3 is 25.8 Å². The maximum Gasteiger partial charge on any atom is 0.306 e. The van der Waals surface area contributed by atoms with E-state index in [0.717, 1.165) is 37.5 Å². The highest BCUT2D eigenvalue weighted by atomic mass is 32.2. The number of unbranched alkanes of at least 4 members (excludes halogenated alkanes) is 1. The number of rotatable bonds is 18. The van der Waals surface area contributed by atoms with Gasteiger partial charge in [-0.15, -0.1) is 0 Å². The number of sulfone groups is 1. The molecule has 2 heterocycles. The first-order chi connectivity index (χ1) is 26.7. The number of ether oxygens (including phenoxy) is 1. The zero-order valence-electron chi connectivity index (χ0n) is 34.2. The summed E-state index contributed by atoms with van der Waals surface area (Å²) >= 11 is 0. The molecule has 57 heavy (non-hydrogen) atoms. The van der Waals surface area contributed by atoms with Crippen molar-refractivity contribution in [1.29, 1.82) is 0 Å². The Hall–Kier alpha value is -4.37. The summed E-state index contributed by atoms with van der Waals surface area (Å²) in [6.45, 7) is 9.14. The van der Waals surface area contributed by atoms with Gasteiger partial charge in [0, 0.05) is 50.1 Å². The number of hydrogen-bond acceptors (Lipinski definition) is 10. The maximum atomic E-state index is 14.6. The van der Waals surface area contributed by atoms with Crippen LogP contribution in [0.5, 0.6) is 0 Å². The second-order valence-corrected chi connectivity index (χ2v) is 19.8. The van der Waals surface area contributed by atoms with E-state index in [0.29, 0.717) is 24.8 Å². The topological polar surface area (TPSA) is 201 Å². The quantitative estimate of drug-likeness (QED) is 0.125. The normalized spacial score (nSPS) is 20.6. The lowest BCUT2D eigenvalue weighted by atomic mass is 9.72. The smallest absolute Gasteiger partial charge is 0.306 e. The molecule has 6 unspecified atom stereocenters.